The first-order valence-electron chi connectivity index (χ1n) is 7.90. The van der Waals surface area contributed by atoms with Crippen LogP contribution in [0.15, 0.2) is 23.3 Å². The Balaban J connectivity index is 2.78. The van der Waals surface area contributed by atoms with Crippen molar-refractivity contribution in [1.82, 2.24) is 5.32 Å². The quantitative estimate of drug-likeness (QED) is 0.553. The predicted octanol–water partition coefficient (Wildman–Crippen LogP) is 2.95. The minimum Gasteiger partial charge on any atom is -0.302 e. The largest absolute Gasteiger partial charge is 0.302 e. The molecule has 4 heteroatoms. The first-order valence-corrected chi connectivity index (χ1v) is 7.90. The van der Waals surface area contributed by atoms with Crippen molar-refractivity contribution in [3.8, 4) is 6.07 Å². The van der Waals surface area contributed by atoms with Crippen LogP contribution >= 0.6 is 0 Å². The Morgan fingerprint density at radius 3 is 2.77 bits per heavy atom. The number of allylic oxidation sites excluding steroid dienone is 3. The third kappa shape index (κ3) is 5.57. The van der Waals surface area contributed by atoms with E-state index in [0.29, 0.717) is 18.8 Å². The van der Waals surface area contributed by atoms with Gasteiger partial charge >= 0.3 is 0 Å². The topological polar surface area (TPSA) is 70.0 Å². The van der Waals surface area contributed by atoms with Crippen LogP contribution in [0.3, 0.4) is 0 Å². The predicted molar refractivity (Wildman–Crippen MR) is 87.1 cm³/mol. The lowest BCUT2D eigenvalue weighted by atomic mass is 9.88. The van der Waals surface area contributed by atoms with Crippen LogP contribution in [0.5, 0.6) is 0 Å². The number of nitrogens with one attached hydrogen (secondary N) is 1. The van der Waals surface area contributed by atoms with Gasteiger partial charge in [-0.15, -0.1) is 0 Å². The Hall–Kier alpha value is -1.73. The summed E-state index contributed by atoms with van der Waals surface area (Å²) >= 11 is 0. The van der Waals surface area contributed by atoms with E-state index in [1.807, 2.05) is 20.8 Å². The molecule has 22 heavy (non-hydrogen) atoms. The number of rotatable bonds is 8. The molecule has 0 aromatic rings. The molecule has 3 unspecified atom stereocenters. The highest BCUT2D eigenvalue weighted by atomic mass is 16.1. The van der Waals surface area contributed by atoms with Gasteiger partial charge in [0.1, 0.15) is 12.4 Å². The molecule has 0 aliphatic heterocycles. The zero-order valence-electron chi connectivity index (χ0n) is 13.9. The van der Waals surface area contributed by atoms with Crippen LogP contribution in [0.2, 0.25) is 0 Å². The van der Waals surface area contributed by atoms with Gasteiger partial charge in [-0.2, -0.15) is 5.26 Å². The summed E-state index contributed by atoms with van der Waals surface area (Å²) in [5.74, 6) is 0.245. The number of nitriles is 1. The number of ketones is 1. The van der Waals surface area contributed by atoms with Gasteiger partial charge in [0, 0.05) is 0 Å². The first-order chi connectivity index (χ1) is 10.4. The van der Waals surface area contributed by atoms with Crippen LogP contribution in [0.4, 0.5) is 0 Å². The van der Waals surface area contributed by atoms with E-state index in [1.165, 1.54) is 5.57 Å². The standard InChI is InChI=1S/C18H26N2O2/c1-12(2)7-17(18(22)10-19)20-16(11-21)9-15-8-13(3)5-6-14(15)4/h6,8,11-13,16-17,20H,5,7,9H2,1-4H3. The fourth-order valence-electron chi connectivity index (χ4n) is 2.71. The van der Waals surface area contributed by atoms with E-state index < -0.39 is 17.9 Å². The van der Waals surface area contributed by atoms with Crippen molar-refractivity contribution in [2.45, 2.75) is 59.0 Å². The number of Topliss-reactive ketones (excluding diaryl/α,β-unsaturated/α-hetero) is 1. The smallest absolute Gasteiger partial charge is 0.248 e. The molecule has 0 aromatic heterocycles. The van der Waals surface area contributed by atoms with Gasteiger partial charge < -0.3 is 4.79 Å². The van der Waals surface area contributed by atoms with Crippen LogP contribution < -0.4 is 5.32 Å². The molecule has 1 N–H and O–H groups in total. The summed E-state index contributed by atoms with van der Waals surface area (Å²) in [7, 11) is 0. The van der Waals surface area contributed by atoms with Gasteiger partial charge in [0.05, 0.1) is 12.1 Å². The molecule has 0 radical (unpaired) electrons. The van der Waals surface area contributed by atoms with E-state index in [-0.39, 0.29) is 5.92 Å². The average molecular weight is 302 g/mol. The van der Waals surface area contributed by atoms with Crippen molar-refractivity contribution < 1.29 is 9.59 Å². The molecule has 4 nitrogen and oxygen atoms in total. The Kier molecular flexibility index (Phi) is 7.20. The van der Waals surface area contributed by atoms with Crippen molar-refractivity contribution in [3.63, 3.8) is 0 Å². The maximum atomic E-state index is 11.7. The molecule has 0 saturated heterocycles. The number of carbonyl (C=O) groups excluding carboxylic acids is 2. The van der Waals surface area contributed by atoms with Gasteiger partial charge in [-0.25, -0.2) is 0 Å². The number of hydrogen-bond acceptors (Lipinski definition) is 4. The van der Waals surface area contributed by atoms with Gasteiger partial charge in [-0.05, 0) is 43.6 Å². The Morgan fingerprint density at radius 2 is 2.23 bits per heavy atom. The lowest BCUT2D eigenvalue weighted by Gasteiger charge is -2.24. The minimum atomic E-state index is -0.578. The third-order valence-electron chi connectivity index (χ3n) is 3.94. The Labute approximate surface area is 133 Å². The summed E-state index contributed by atoms with van der Waals surface area (Å²) in [6, 6.07) is 0.655. The molecule has 0 amide bonds. The van der Waals surface area contributed by atoms with Gasteiger partial charge in [0.2, 0.25) is 5.78 Å². The summed E-state index contributed by atoms with van der Waals surface area (Å²) in [5.41, 5.74) is 2.34. The molecule has 3 atom stereocenters. The maximum absolute atomic E-state index is 11.7. The second kappa shape index (κ2) is 8.65. The van der Waals surface area contributed by atoms with Crippen molar-refractivity contribution in [2.75, 3.05) is 0 Å². The van der Waals surface area contributed by atoms with E-state index in [0.717, 1.165) is 18.3 Å². The van der Waals surface area contributed by atoms with Crippen LogP contribution in [0.1, 0.15) is 47.0 Å². The van der Waals surface area contributed by atoms with Crippen LogP contribution in [-0.2, 0) is 9.59 Å². The maximum Gasteiger partial charge on any atom is 0.248 e. The number of nitrogens with zero attached hydrogens (tertiary/aromatic N) is 1. The third-order valence-corrected chi connectivity index (χ3v) is 3.94. The molecule has 0 saturated carbocycles. The van der Waals surface area contributed by atoms with E-state index in [4.69, 9.17) is 5.26 Å². The summed E-state index contributed by atoms with van der Waals surface area (Å²) in [4.78, 5) is 23.1. The monoisotopic (exact) mass is 302 g/mol. The SMILES string of the molecule is CC1=CCC(C)C=C1CC(C=O)NC(CC(C)C)C(=O)C#N. The van der Waals surface area contributed by atoms with Crippen molar-refractivity contribution >= 4 is 12.1 Å². The minimum absolute atomic E-state index is 0.276. The second-order valence-electron chi connectivity index (χ2n) is 6.56. The zero-order chi connectivity index (χ0) is 16.7. The second-order valence-corrected chi connectivity index (χ2v) is 6.56. The number of aldehydes is 1. The van der Waals surface area contributed by atoms with E-state index in [9.17, 15) is 9.59 Å². The first kappa shape index (κ1) is 18.3. The lowest BCUT2D eigenvalue weighted by molar-refractivity contribution is -0.117. The van der Waals surface area contributed by atoms with Crippen molar-refractivity contribution in [1.29, 1.82) is 5.26 Å². The summed E-state index contributed by atoms with van der Waals surface area (Å²) in [5, 5.41) is 11.9. The highest BCUT2D eigenvalue weighted by Gasteiger charge is 2.24. The van der Waals surface area contributed by atoms with E-state index in [2.05, 4.69) is 24.4 Å². The van der Waals surface area contributed by atoms with Crippen LogP contribution in [0, 0.1) is 23.2 Å². The van der Waals surface area contributed by atoms with Crippen molar-refractivity contribution in [2.24, 2.45) is 11.8 Å². The molecule has 0 spiro atoms. The fraction of sp³-hybridized carbons (Fsp3) is 0.611. The summed E-state index contributed by atoms with van der Waals surface area (Å²) in [6.07, 6.45) is 7.36. The zero-order valence-corrected chi connectivity index (χ0v) is 13.9. The summed E-state index contributed by atoms with van der Waals surface area (Å²) < 4.78 is 0. The van der Waals surface area contributed by atoms with Gasteiger partial charge in [0.25, 0.3) is 0 Å². The summed E-state index contributed by atoms with van der Waals surface area (Å²) in [6.45, 7) is 8.18. The highest BCUT2D eigenvalue weighted by molar-refractivity contribution is 5.97. The molecule has 0 aromatic carbocycles. The Bertz CT molecular complexity index is 512. The molecular formula is C18H26N2O2. The van der Waals surface area contributed by atoms with Gasteiger partial charge in [-0.3, -0.25) is 10.1 Å². The number of carbonyl (C=O) groups is 2. The fourth-order valence-corrected chi connectivity index (χ4v) is 2.71. The molecule has 1 aliphatic carbocycles. The normalized spacial score (nSPS) is 20.6. The van der Waals surface area contributed by atoms with Gasteiger partial charge in [-0.1, -0.05) is 38.5 Å². The lowest BCUT2D eigenvalue weighted by Crippen LogP contribution is -2.44. The van der Waals surface area contributed by atoms with Gasteiger partial charge in [0.15, 0.2) is 0 Å². The molecule has 0 heterocycles. The number of hydrogen-bond donors (Lipinski definition) is 1. The van der Waals surface area contributed by atoms with Crippen molar-refractivity contribution in [3.05, 3.63) is 23.3 Å². The molecule has 1 rings (SSSR count). The molecule has 1 aliphatic rings. The van der Waals surface area contributed by atoms with E-state index >= 15 is 0 Å². The van der Waals surface area contributed by atoms with Crippen LogP contribution in [0.25, 0.3) is 0 Å². The van der Waals surface area contributed by atoms with E-state index in [1.54, 1.807) is 6.07 Å². The molecule has 0 bridgehead atoms. The van der Waals surface area contributed by atoms with Crippen LogP contribution in [-0.4, -0.2) is 24.2 Å². The Morgan fingerprint density at radius 1 is 1.55 bits per heavy atom. The molecular weight excluding hydrogens is 276 g/mol. The molecule has 0 fully saturated rings. The highest BCUT2D eigenvalue weighted by Crippen LogP contribution is 2.25. The average Bonchev–Trinajstić information content (AvgIpc) is 2.47. The molecule has 120 valence electrons.